The second-order valence-corrected chi connectivity index (χ2v) is 10.3. The molecule has 6 heteroatoms. The van der Waals surface area contributed by atoms with E-state index in [0.717, 1.165) is 51.2 Å². The summed E-state index contributed by atoms with van der Waals surface area (Å²) >= 11 is 0. The maximum Gasteiger partial charge on any atom is 0.331 e. The predicted octanol–water partition coefficient (Wildman–Crippen LogP) is 3.47. The van der Waals surface area contributed by atoms with Crippen LogP contribution >= 0.6 is 0 Å². The third-order valence-electron chi connectivity index (χ3n) is 8.55. The third-order valence-corrected chi connectivity index (χ3v) is 8.55. The Balaban J connectivity index is 1.37. The van der Waals surface area contributed by atoms with Crippen molar-refractivity contribution >= 4 is 12.0 Å². The number of amides is 2. The number of piperidine rings is 3. The first-order chi connectivity index (χ1) is 14.6. The Hall–Kier alpha value is -1.56. The summed E-state index contributed by atoms with van der Waals surface area (Å²) in [7, 11) is 1.44. The van der Waals surface area contributed by atoms with Crippen molar-refractivity contribution in [2.24, 2.45) is 11.8 Å². The summed E-state index contributed by atoms with van der Waals surface area (Å²) < 4.78 is 5.12. The quantitative estimate of drug-likeness (QED) is 0.554. The Kier molecular flexibility index (Phi) is 5.55. The molecule has 0 radical (unpaired) electrons. The lowest BCUT2D eigenvalue weighted by Gasteiger charge is -2.55. The van der Waals surface area contributed by atoms with Gasteiger partial charge in [0.05, 0.1) is 13.2 Å². The van der Waals surface area contributed by atoms with Gasteiger partial charge in [-0.25, -0.2) is 9.59 Å². The second kappa shape index (κ2) is 8.18. The van der Waals surface area contributed by atoms with Gasteiger partial charge in [-0.05, 0) is 63.3 Å². The number of nitrogens with zero attached hydrogens (tertiary/aromatic N) is 2. The molecule has 4 fully saturated rings. The van der Waals surface area contributed by atoms with E-state index in [1.165, 1.54) is 44.9 Å². The van der Waals surface area contributed by atoms with Crippen molar-refractivity contribution in [3.8, 4) is 0 Å². The fourth-order valence-corrected chi connectivity index (χ4v) is 7.21. The average molecular weight is 416 g/mol. The van der Waals surface area contributed by atoms with E-state index in [0.29, 0.717) is 24.7 Å². The van der Waals surface area contributed by atoms with Crippen molar-refractivity contribution < 1.29 is 14.3 Å². The van der Waals surface area contributed by atoms with Gasteiger partial charge in [-0.1, -0.05) is 37.3 Å². The molecule has 166 valence electrons. The maximum atomic E-state index is 13.6. The summed E-state index contributed by atoms with van der Waals surface area (Å²) in [6.45, 7) is 3.12. The van der Waals surface area contributed by atoms with Gasteiger partial charge in [-0.2, -0.15) is 0 Å². The van der Waals surface area contributed by atoms with E-state index in [1.807, 2.05) is 0 Å². The lowest BCUT2D eigenvalue weighted by molar-refractivity contribution is -0.149. The lowest BCUT2D eigenvalue weighted by Crippen LogP contribution is -2.64. The smallest absolute Gasteiger partial charge is 0.331 e. The zero-order chi connectivity index (χ0) is 20.7. The zero-order valence-electron chi connectivity index (χ0n) is 18.4. The average Bonchev–Trinajstić information content (AvgIpc) is 2.78. The van der Waals surface area contributed by atoms with Crippen molar-refractivity contribution in [3.05, 3.63) is 11.6 Å². The van der Waals surface area contributed by atoms with E-state index < -0.39 is 5.54 Å². The number of methoxy groups -OCH3 is 1. The Morgan fingerprint density at radius 3 is 2.73 bits per heavy atom. The van der Waals surface area contributed by atoms with Crippen LogP contribution < -0.4 is 5.32 Å². The van der Waals surface area contributed by atoms with Crippen LogP contribution in [0.3, 0.4) is 0 Å². The molecule has 2 amide bonds. The zero-order valence-corrected chi connectivity index (χ0v) is 18.4. The highest BCUT2D eigenvalue weighted by molar-refractivity contribution is 5.87. The Bertz CT molecular complexity index is 714. The topological polar surface area (TPSA) is 61.9 Å². The molecule has 0 spiro atoms. The molecule has 3 saturated heterocycles. The van der Waals surface area contributed by atoms with Crippen LogP contribution in [-0.4, -0.2) is 66.2 Å². The number of carbonyl (C=O) groups excluding carboxylic acids is 2. The molecule has 3 aliphatic heterocycles. The number of hydrogen-bond donors (Lipinski definition) is 1. The molecule has 4 atom stereocenters. The number of ether oxygens (including phenoxy) is 1. The maximum absolute atomic E-state index is 13.6. The van der Waals surface area contributed by atoms with Crippen molar-refractivity contribution in [1.82, 2.24) is 15.1 Å². The van der Waals surface area contributed by atoms with Crippen molar-refractivity contribution in [2.75, 3.05) is 26.7 Å². The first-order valence-corrected chi connectivity index (χ1v) is 12.2. The van der Waals surface area contributed by atoms with E-state index in [1.54, 1.807) is 0 Å². The molecule has 3 heterocycles. The van der Waals surface area contributed by atoms with Crippen molar-refractivity contribution in [2.45, 2.75) is 88.3 Å². The van der Waals surface area contributed by atoms with Crippen LogP contribution in [0.4, 0.5) is 4.79 Å². The lowest BCUT2D eigenvalue weighted by atomic mass is 9.68. The molecule has 0 aromatic heterocycles. The molecule has 1 N–H and O–H groups in total. The summed E-state index contributed by atoms with van der Waals surface area (Å²) in [5.74, 6) is 0.912. The molecule has 5 rings (SSSR count). The molecule has 2 unspecified atom stereocenters. The summed E-state index contributed by atoms with van der Waals surface area (Å²) in [4.78, 5) is 31.0. The number of rotatable bonds is 2. The van der Waals surface area contributed by atoms with Crippen LogP contribution in [0.5, 0.6) is 0 Å². The summed E-state index contributed by atoms with van der Waals surface area (Å²) in [5.41, 5.74) is 0.645. The molecule has 2 aliphatic carbocycles. The van der Waals surface area contributed by atoms with E-state index in [9.17, 15) is 9.59 Å². The number of carbonyl (C=O) groups is 2. The van der Waals surface area contributed by atoms with Gasteiger partial charge in [-0.15, -0.1) is 0 Å². The van der Waals surface area contributed by atoms with E-state index in [2.05, 4.69) is 21.2 Å². The van der Waals surface area contributed by atoms with Gasteiger partial charge in [0.1, 0.15) is 5.54 Å². The summed E-state index contributed by atoms with van der Waals surface area (Å²) in [6, 6.07) is 0.866. The SMILES string of the molecule is COC(=O)C1(NC(=O)N2CCCC3=CC4CC(CN5CCCC[C@H]45)[C@@H]32)CCCCC1. The summed E-state index contributed by atoms with van der Waals surface area (Å²) in [5, 5.41) is 3.19. The van der Waals surface area contributed by atoms with Gasteiger partial charge in [0.2, 0.25) is 0 Å². The number of fused-ring (bicyclic) bond motifs is 6. The fourth-order valence-electron chi connectivity index (χ4n) is 7.21. The van der Waals surface area contributed by atoms with Crippen LogP contribution in [0, 0.1) is 11.8 Å². The van der Waals surface area contributed by atoms with Gasteiger partial charge in [0.25, 0.3) is 0 Å². The van der Waals surface area contributed by atoms with E-state index in [-0.39, 0.29) is 18.0 Å². The minimum atomic E-state index is -0.840. The highest BCUT2D eigenvalue weighted by Crippen LogP contribution is 2.45. The Morgan fingerprint density at radius 2 is 1.93 bits per heavy atom. The Labute approximate surface area is 180 Å². The van der Waals surface area contributed by atoms with Crippen LogP contribution in [0.2, 0.25) is 0 Å². The predicted molar refractivity (Wildman–Crippen MR) is 115 cm³/mol. The standard InChI is InChI=1S/C24H37N3O3/c1-30-22(28)24(10-4-2-5-11-24)25-23(29)27-13-7-8-17-14-18-15-19(21(17)27)16-26-12-6-3-9-20(18)26/h14,18-21H,2-13,15-16H2,1H3,(H,25,29)/t18?,19?,20-,21-/m1/s1. The van der Waals surface area contributed by atoms with Crippen LogP contribution in [0.25, 0.3) is 0 Å². The molecular formula is C24H37N3O3. The summed E-state index contributed by atoms with van der Waals surface area (Å²) in [6.07, 6.45) is 14.3. The minimum Gasteiger partial charge on any atom is -0.467 e. The highest BCUT2D eigenvalue weighted by Gasteiger charge is 2.49. The van der Waals surface area contributed by atoms with E-state index >= 15 is 0 Å². The third kappa shape index (κ3) is 3.45. The molecule has 1 saturated carbocycles. The number of nitrogens with one attached hydrogen (secondary N) is 1. The van der Waals surface area contributed by atoms with Crippen LogP contribution in [0.1, 0.15) is 70.6 Å². The van der Waals surface area contributed by atoms with E-state index in [4.69, 9.17) is 4.74 Å². The highest BCUT2D eigenvalue weighted by atomic mass is 16.5. The monoisotopic (exact) mass is 415 g/mol. The first-order valence-electron chi connectivity index (χ1n) is 12.2. The van der Waals surface area contributed by atoms with Gasteiger partial charge >= 0.3 is 12.0 Å². The number of likely N-dealkylation sites (tertiary alicyclic amines) is 1. The van der Waals surface area contributed by atoms with Crippen molar-refractivity contribution in [3.63, 3.8) is 0 Å². The number of hydrogen-bond acceptors (Lipinski definition) is 4. The molecule has 6 nitrogen and oxygen atoms in total. The van der Waals surface area contributed by atoms with Crippen LogP contribution in [-0.2, 0) is 9.53 Å². The Morgan fingerprint density at radius 1 is 1.10 bits per heavy atom. The normalized spacial score (nSPS) is 35.5. The van der Waals surface area contributed by atoms with Gasteiger partial charge in [-0.3, -0.25) is 4.90 Å². The number of esters is 1. The van der Waals surface area contributed by atoms with Gasteiger partial charge < -0.3 is 15.0 Å². The van der Waals surface area contributed by atoms with Crippen molar-refractivity contribution in [1.29, 1.82) is 0 Å². The second-order valence-electron chi connectivity index (χ2n) is 10.3. The molecular weight excluding hydrogens is 378 g/mol. The first kappa shape index (κ1) is 20.3. The molecule has 30 heavy (non-hydrogen) atoms. The largest absolute Gasteiger partial charge is 0.467 e. The molecule has 2 bridgehead atoms. The van der Waals surface area contributed by atoms with Crippen LogP contribution in [0.15, 0.2) is 11.6 Å². The molecule has 0 aromatic carbocycles. The minimum absolute atomic E-state index is 0.0582. The molecule has 5 aliphatic rings. The fraction of sp³-hybridized carbons (Fsp3) is 0.833. The molecule has 0 aromatic rings. The van der Waals surface area contributed by atoms with Gasteiger partial charge in [0, 0.05) is 19.1 Å². The number of urea groups is 1. The van der Waals surface area contributed by atoms with Gasteiger partial charge in [0.15, 0.2) is 0 Å².